The van der Waals surface area contributed by atoms with Gasteiger partial charge in [-0.3, -0.25) is 4.84 Å². The van der Waals surface area contributed by atoms with Crippen LogP contribution in [0.1, 0.15) is 27.2 Å². The van der Waals surface area contributed by atoms with E-state index < -0.39 is 5.72 Å². The average molecular weight is 133 g/mol. The monoisotopic (exact) mass is 133 g/mol. The number of hydrogen-bond donors (Lipinski definition) is 2. The van der Waals surface area contributed by atoms with Crippen molar-refractivity contribution in [2.45, 2.75) is 32.9 Å². The third-order valence-electron chi connectivity index (χ3n) is 1.12. The van der Waals surface area contributed by atoms with Crippen molar-refractivity contribution in [1.29, 1.82) is 0 Å². The highest BCUT2D eigenvalue weighted by atomic mass is 16.7. The molecule has 0 saturated heterocycles. The molecule has 56 valence electrons. The molecule has 0 aliphatic rings. The van der Waals surface area contributed by atoms with Gasteiger partial charge in [0.2, 0.25) is 0 Å². The van der Waals surface area contributed by atoms with Crippen molar-refractivity contribution in [3.63, 3.8) is 0 Å². The number of hydroxylamine groups is 1. The summed E-state index contributed by atoms with van der Waals surface area (Å²) in [6.07, 6.45) is 0.632. The van der Waals surface area contributed by atoms with Crippen LogP contribution in [-0.2, 0) is 4.84 Å². The van der Waals surface area contributed by atoms with E-state index in [1.165, 1.54) is 0 Å². The topological polar surface area (TPSA) is 41.5 Å². The predicted molar refractivity (Wildman–Crippen MR) is 35.7 cm³/mol. The number of aliphatic hydroxyl groups is 1. The molecular weight excluding hydrogens is 118 g/mol. The van der Waals surface area contributed by atoms with Crippen LogP contribution in [0.2, 0.25) is 0 Å². The van der Waals surface area contributed by atoms with Crippen molar-refractivity contribution in [1.82, 2.24) is 5.48 Å². The van der Waals surface area contributed by atoms with E-state index in [9.17, 15) is 5.11 Å². The van der Waals surface area contributed by atoms with Gasteiger partial charge in [0.1, 0.15) is 5.72 Å². The van der Waals surface area contributed by atoms with E-state index in [0.717, 1.165) is 0 Å². The molecule has 0 spiro atoms. The Labute approximate surface area is 56.0 Å². The lowest BCUT2D eigenvalue weighted by Gasteiger charge is -2.21. The van der Waals surface area contributed by atoms with Gasteiger partial charge in [-0.1, -0.05) is 6.92 Å². The first kappa shape index (κ1) is 8.88. The summed E-state index contributed by atoms with van der Waals surface area (Å²) in [6.45, 7) is 5.98. The van der Waals surface area contributed by atoms with Gasteiger partial charge in [0.05, 0.1) is 6.61 Å². The molecule has 1 unspecified atom stereocenters. The predicted octanol–water partition coefficient (Wildman–Crippen LogP) is 0.646. The summed E-state index contributed by atoms with van der Waals surface area (Å²) >= 11 is 0. The normalized spacial score (nSPS) is 17.3. The third-order valence-corrected chi connectivity index (χ3v) is 1.12. The molecule has 0 rings (SSSR count). The summed E-state index contributed by atoms with van der Waals surface area (Å²) < 4.78 is 0. The Kier molecular flexibility index (Phi) is 3.77. The first-order chi connectivity index (χ1) is 4.12. The molecule has 3 nitrogen and oxygen atoms in total. The summed E-state index contributed by atoms with van der Waals surface area (Å²) in [5, 5.41) is 9.22. The van der Waals surface area contributed by atoms with Crippen molar-refractivity contribution in [2.75, 3.05) is 6.61 Å². The van der Waals surface area contributed by atoms with E-state index in [-0.39, 0.29) is 0 Å². The van der Waals surface area contributed by atoms with E-state index in [1.807, 2.05) is 13.8 Å². The van der Waals surface area contributed by atoms with Crippen LogP contribution < -0.4 is 5.48 Å². The molecular formula is C6H15NO2. The standard InChI is InChI=1S/C6H15NO2/c1-4-6(3,8)7-9-5-2/h7-8H,4-5H2,1-3H3. The van der Waals surface area contributed by atoms with Crippen molar-refractivity contribution < 1.29 is 9.94 Å². The molecule has 0 bridgehead atoms. The molecule has 0 aromatic heterocycles. The maximum absolute atomic E-state index is 9.22. The van der Waals surface area contributed by atoms with Crippen molar-refractivity contribution >= 4 is 0 Å². The van der Waals surface area contributed by atoms with Crippen LogP contribution in [0.3, 0.4) is 0 Å². The zero-order chi connectivity index (χ0) is 7.33. The molecule has 0 amide bonds. The lowest BCUT2D eigenvalue weighted by molar-refractivity contribution is -0.117. The fourth-order valence-electron chi connectivity index (χ4n) is 0.300. The Morgan fingerprint density at radius 2 is 2.11 bits per heavy atom. The summed E-state index contributed by atoms with van der Waals surface area (Å²) in [5.41, 5.74) is 1.63. The second-order valence-electron chi connectivity index (χ2n) is 2.16. The SMILES string of the molecule is CCONC(C)(O)CC. The minimum atomic E-state index is -0.879. The van der Waals surface area contributed by atoms with Gasteiger partial charge >= 0.3 is 0 Å². The van der Waals surface area contributed by atoms with Crippen LogP contribution in [0.25, 0.3) is 0 Å². The third kappa shape index (κ3) is 4.39. The molecule has 1 atom stereocenters. The van der Waals surface area contributed by atoms with Gasteiger partial charge in [-0.15, -0.1) is 0 Å². The Balaban J connectivity index is 3.33. The Morgan fingerprint density at radius 1 is 1.56 bits per heavy atom. The molecule has 0 heterocycles. The van der Waals surface area contributed by atoms with Crippen LogP contribution in [0.4, 0.5) is 0 Å². The van der Waals surface area contributed by atoms with E-state index in [0.29, 0.717) is 13.0 Å². The molecule has 0 aliphatic heterocycles. The van der Waals surface area contributed by atoms with Crippen molar-refractivity contribution in [3.8, 4) is 0 Å². The van der Waals surface area contributed by atoms with E-state index in [1.54, 1.807) is 6.92 Å². The van der Waals surface area contributed by atoms with Crippen LogP contribution in [0.5, 0.6) is 0 Å². The van der Waals surface area contributed by atoms with Gasteiger partial charge in [-0.05, 0) is 20.3 Å². The number of nitrogens with one attached hydrogen (secondary N) is 1. The van der Waals surface area contributed by atoms with Gasteiger partial charge in [-0.2, -0.15) is 5.48 Å². The van der Waals surface area contributed by atoms with Crippen LogP contribution in [0.15, 0.2) is 0 Å². The molecule has 0 aromatic rings. The lowest BCUT2D eigenvalue weighted by atomic mass is 10.2. The molecule has 0 aromatic carbocycles. The van der Waals surface area contributed by atoms with Crippen LogP contribution in [0, 0.1) is 0 Å². The van der Waals surface area contributed by atoms with Crippen LogP contribution in [-0.4, -0.2) is 17.4 Å². The Hall–Kier alpha value is -0.120. The zero-order valence-electron chi connectivity index (χ0n) is 6.27. The Bertz CT molecular complexity index is 73.5. The Morgan fingerprint density at radius 3 is 2.44 bits per heavy atom. The van der Waals surface area contributed by atoms with Crippen molar-refractivity contribution in [2.24, 2.45) is 0 Å². The molecule has 3 heteroatoms. The molecule has 2 N–H and O–H groups in total. The highest BCUT2D eigenvalue weighted by Crippen LogP contribution is 2.01. The summed E-state index contributed by atoms with van der Waals surface area (Å²) in [7, 11) is 0. The fourth-order valence-corrected chi connectivity index (χ4v) is 0.300. The molecule has 0 saturated carbocycles. The largest absolute Gasteiger partial charge is 0.374 e. The minimum absolute atomic E-state index is 0.566. The van der Waals surface area contributed by atoms with E-state index in [4.69, 9.17) is 4.84 Å². The molecule has 0 radical (unpaired) electrons. The summed E-state index contributed by atoms with van der Waals surface area (Å²) in [4.78, 5) is 4.79. The second-order valence-corrected chi connectivity index (χ2v) is 2.16. The first-order valence-corrected chi connectivity index (χ1v) is 3.23. The minimum Gasteiger partial charge on any atom is -0.374 e. The fraction of sp³-hybridized carbons (Fsp3) is 1.00. The summed E-state index contributed by atoms with van der Waals surface area (Å²) in [5.74, 6) is 0. The quantitative estimate of drug-likeness (QED) is 0.437. The van der Waals surface area contributed by atoms with E-state index >= 15 is 0 Å². The van der Waals surface area contributed by atoms with Gasteiger partial charge in [0.25, 0.3) is 0 Å². The van der Waals surface area contributed by atoms with Gasteiger partial charge in [-0.25, -0.2) is 0 Å². The van der Waals surface area contributed by atoms with Gasteiger partial charge in [0, 0.05) is 0 Å². The number of rotatable bonds is 4. The highest BCUT2D eigenvalue weighted by molar-refractivity contribution is 4.59. The van der Waals surface area contributed by atoms with E-state index in [2.05, 4.69) is 5.48 Å². The maximum Gasteiger partial charge on any atom is 0.134 e. The lowest BCUT2D eigenvalue weighted by Crippen LogP contribution is -2.41. The highest BCUT2D eigenvalue weighted by Gasteiger charge is 2.15. The smallest absolute Gasteiger partial charge is 0.134 e. The molecule has 9 heavy (non-hydrogen) atoms. The van der Waals surface area contributed by atoms with Gasteiger partial charge < -0.3 is 5.11 Å². The average Bonchev–Trinajstić information content (AvgIpc) is 1.84. The second kappa shape index (κ2) is 3.82. The maximum atomic E-state index is 9.22. The first-order valence-electron chi connectivity index (χ1n) is 3.23. The molecule has 0 aliphatic carbocycles. The van der Waals surface area contributed by atoms with Crippen LogP contribution >= 0.6 is 0 Å². The zero-order valence-corrected chi connectivity index (χ0v) is 6.27. The van der Waals surface area contributed by atoms with Crippen molar-refractivity contribution in [3.05, 3.63) is 0 Å². The summed E-state index contributed by atoms with van der Waals surface area (Å²) in [6, 6.07) is 0. The number of hydrogen-bond acceptors (Lipinski definition) is 3. The molecule has 0 fully saturated rings. The van der Waals surface area contributed by atoms with Gasteiger partial charge in [0.15, 0.2) is 0 Å².